The number of anilines is 1. The van der Waals surface area contributed by atoms with Crippen LogP contribution in [0.5, 0.6) is 11.5 Å². The fourth-order valence-corrected chi connectivity index (χ4v) is 1.80. The summed E-state index contributed by atoms with van der Waals surface area (Å²) in [5.41, 5.74) is 6.70. The van der Waals surface area contributed by atoms with Crippen LogP contribution in [0.15, 0.2) is 41.5 Å². The molecule has 0 fully saturated rings. The Balaban J connectivity index is 2.07. The average Bonchev–Trinajstić information content (AvgIpc) is 2.54. The van der Waals surface area contributed by atoms with Gasteiger partial charge in [0, 0.05) is 18.0 Å². The third kappa shape index (κ3) is 3.85. The number of halogens is 1. The van der Waals surface area contributed by atoms with Crippen LogP contribution in [0.3, 0.4) is 0 Å². The molecule has 0 bridgehead atoms. The molecule has 0 saturated carbocycles. The van der Waals surface area contributed by atoms with Crippen molar-refractivity contribution >= 4 is 11.6 Å². The smallest absolute Gasteiger partial charge is 0.193 e. The van der Waals surface area contributed by atoms with Gasteiger partial charge in [-0.25, -0.2) is 9.38 Å². The number of aliphatic imine (C=N–C) groups is 1. The third-order valence-corrected chi connectivity index (χ3v) is 2.89. The van der Waals surface area contributed by atoms with Crippen LogP contribution < -0.4 is 20.5 Å². The predicted molar refractivity (Wildman–Crippen MR) is 82.7 cm³/mol. The molecule has 0 radical (unpaired) electrons. The maximum atomic E-state index is 13.4. The van der Waals surface area contributed by atoms with Crippen LogP contribution in [-0.4, -0.2) is 25.2 Å². The molecule has 0 aliphatic rings. The Morgan fingerprint density at radius 2 is 2.05 bits per heavy atom. The van der Waals surface area contributed by atoms with E-state index in [2.05, 4.69) is 15.3 Å². The van der Waals surface area contributed by atoms with Gasteiger partial charge in [0.1, 0.15) is 5.82 Å². The van der Waals surface area contributed by atoms with Gasteiger partial charge in [0.25, 0.3) is 0 Å². The van der Waals surface area contributed by atoms with E-state index in [1.165, 1.54) is 18.3 Å². The van der Waals surface area contributed by atoms with E-state index in [1.54, 1.807) is 32.4 Å². The van der Waals surface area contributed by atoms with Gasteiger partial charge < -0.3 is 20.5 Å². The molecule has 0 aliphatic carbocycles. The van der Waals surface area contributed by atoms with E-state index in [1.807, 2.05) is 0 Å². The number of pyridine rings is 1. The van der Waals surface area contributed by atoms with Gasteiger partial charge in [0.05, 0.1) is 26.5 Å². The number of hydrogen-bond acceptors (Lipinski definition) is 4. The van der Waals surface area contributed by atoms with Crippen LogP contribution in [0, 0.1) is 5.82 Å². The van der Waals surface area contributed by atoms with Gasteiger partial charge in [0.2, 0.25) is 0 Å². The van der Waals surface area contributed by atoms with Crippen LogP contribution in [-0.2, 0) is 6.54 Å². The van der Waals surface area contributed by atoms with Crippen molar-refractivity contribution in [1.29, 1.82) is 0 Å². The Morgan fingerprint density at radius 3 is 2.73 bits per heavy atom. The van der Waals surface area contributed by atoms with Crippen LogP contribution >= 0.6 is 0 Å². The van der Waals surface area contributed by atoms with Crippen molar-refractivity contribution < 1.29 is 13.9 Å². The molecule has 2 rings (SSSR count). The van der Waals surface area contributed by atoms with Gasteiger partial charge in [-0.2, -0.15) is 0 Å². The number of methoxy groups -OCH3 is 2. The van der Waals surface area contributed by atoms with Crippen molar-refractivity contribution in [3.05, 3.63) is 48.0 Å². The zero-order chi connectivity index (χ0) is 15.9. The lowest BCUT2D eigenvalue weighted by atomic mass is 10.3. The van der Waals surface area contributed by atoms with Gasteiger partial charge in [-0.05, 0) is 24.3 Å². The highest BCUT2D eigenvalue weighted by Crippen LogP contribution is 2.29. The Labute approximate surface area is 127 Å². The summed E-state index contributed by atoms with van der Waals surface area (Å²) in [5, 5.41) is 2.90. The molecule has 116 valence electrons. The van der Waals surface area contributed by atoms with Gasteiger partial charge >= 0.3 is 0 Å². The second-order valence-electron chi connectivity index (χ2n) is 4.33. The van der Waals surface area contributed by atoms with Crippen molar-refractivity contribution in [1.82, 2.24) is 4.98 Å². The van der Waals surface area contributed by atoms with Crippen molar-refractivity contribution in [2.45, 2.75) is 6.54 Å². The predicted octanol–water partition coefficient (Wildman–Crippen LogP) is 2.16. The maximum absolute atomic E-state index is 13.4. The lowest BCUT2D eigenvalue weighted by molar-refractivity contribution is 0.355. The monoisotopic (exact) mass is 304 g/mol. The number of rotatable bonds is 5. The first kappa shape index (κ1) is 15.6. The second-order valence-corrected chi connectivity index (χ2v) is 4.33. The molecule has 0 saturated heterocycles. The molecular formula is C15H17FN4O2. The van der Waals surface area contributed by atoms with E-state index in [-0.39, 0.29) is 18.2 Å². The number of nitrogens with one attached hydrogen (secondary N) is 1. The van der Waals surface area contributed by atoms with Crippen molar-refractivity contribution in [3.63, 3.8) is 0 Å². The lowest BCUT2D eigenvalue weighted by Crippen LogP contribution is -2.22. The molecule has 0 unspecified atom stereocenters. The summed E-state index contributed by atoms with van der Waals surface area (Å²) in [4.78, 5) is 7.96. The Hall–Kier alpha value is -2.83. The molecule has 22 heavy (non-hydrogen) atoms. The van der Waals surface area contributed by atoms with Crippen molar-refractivity contribution in [2.24, 2.45) is 10.7 Å². The first-order valence-corrected chi connectivity index (χ1v) is 6.52. The highest BCUT2D eigenvalue weighted by Gasteiger charge is 2.06. The van der Waals surface area contributed by atoms with Gasteiger partial charge in [-0.3, -0.25) is 4.98 Å². The number of hydrogen-bond donors (Lipinski definition) is 2. The normalized spacial score (nSPS) is 11.1. The van der Waals surface area contributed by atoms with E-state index in [0.717, 1.165) is 0 Å². The summed E-state index contributed by atoms with van der Waals surface area (Å²) < 4.78 is 23.8. The number of ether oxygens (including phenoxy) is 2. The first-order valence-electron chi connectivity index (χ1n) is 6.52. The summed E-state index contributed by atoms with van der Waals surface area (Å²) in [6, 6.07) is 8.09. The van der Waals surface area contributed by atoms with Crippen LogP contribution in [0.1, 0.15) is 5.69 Å². The summed E-state index contributed by atoms with van der Waals surface area (Å²) >= 11 is 0. The maximum Gasteiger partial charge on any atom is 0.193 e. The molecule has 6 nitrogen and oxygen atoms in total. The van der Waals surface area contributed by atoms with Crippen molar-refractivity contribution in [2.75, 3.05) is 19.5 Å². The topological polar surface area (TPSA) is 81.8 Å². The molecule has 1 aromatic carbocycles. The molecule has 1 aromatic heterocycles. The summed E-state index contributed by atoms with van der Waals surface area (Å²) in [5.74, 6) is 0.914. The van der Waals surface area contributed by atoms with Crippen LogP contribution in [0.4, 0.5) is 10.1 Å². The highest BCUT2D eigenvalue weighted by atomic mass is 19.1. The summed E-state index contributed by atoms with van der Waals surface area (Å²) in [6.07, 6.45) is 1.51. The molecule has 0 amide bonds. The second kappa shape index (κ2) is 7.26. The highest BCUT2D eigenvalue weighted by molar-refractivity contribution is 5.92. The molecule has 3 N–H and O–H groups in total. The first-order chi connectivity index (χ1) is 10.6. The molecule has 1 heterocycles. The zero-order valence-corrected chi connectivity index (χ0v) is 12.3. The number of benzene rings is 1. The molecular weight excluding hydrogens is 287 g/mol. The number of nitrogens with two attached hydrogens (primary N) is 1. The summed E-state index contributed by atoms with van der Waals surface area (Å²) in [7, 11) is 3.10. The third-order valence-electron chi connectivity index (χ3n) is 2.89. The lowest BCUT2D eigenvalue weighted by Gasteiger charge is -2.10. The van der Waals surface area contributed by atoms with Gasteiger partial charge in [0.15, 0.2) is 17.5 Å². The van der Waals surface area contributed by atoms with Crippen molar-refractivity contribution in [3.8, 4) is 11.5 Å². The standard InChI is InChI=1S/C15H17FN4O2/c1-21-13-6-5-10(8-14(13)22-2)20-15(17)19-9-12-11(16)4-3-7-18-12/h3-8H,9H2,1-2H3,(H3,17,19,20). The van der Waals surface area contributed by atoms with E-state index in [4.69, 9.17) is 15.2 Å². The Bertz CT molecular complexity index is 676. The van der Waals surface area contributed by atoms with Gasteiger partial charge in [-0.15, -0.1) is 0 Å². The largest absolute Gasteiger partial charge is 0.493 e. The van der Waals surface area contributed by atoms with E-state index in [9.17, 15) is 4.39 Å². The number of nitrogens with zero attached hydrogens (tertiary/aromatic N) is 2. The quantitative estimate of drug-likeness (QED) is 0.653. The van der Waals surface area contributed by atoms with Crippen LogP contribution in [0.25, 0.3) is 0 Å². The Morgan fingerprint density at radius 1 is 1.27 bits per heavy atom. The average molecular weight is 304 g/mol. The molecule has 2 aromatic rings. The van der Waals surface area contributed by atoms with Gasteiger partial charge in [-0.1, -0.05) is 0 Å². The fourth-order valence-electron chi connectivity index (χ4n) is 1.80. The van der Waals surface area contributed by atoms with E-state index >= 15 is 0 Å². The molecule has 7 heteroatoms. The minimum absolute atomic E-state index is 0.0544. The molecule has 0 atom stereocenters. The van der Waals surface area contributed by atoms with E-state index < -0.39 is 5.82 Å². The zero-order valence-electron chi connectivity index (χ0n) is 12.3. The van der Waals surface area contributed by atoms with E-state index in [0.29, 0.717) is 17.2 Å². The fraction of sp³-hybridized carbons (Fsp3) is 0.200. The Kier molecular flexibility index (Phi) is 5.13. The number of guanidine groups is 1. The molecule has 0 spiro atoms. The molecule has 0 aliphatic heterocycles. The minimum Gasteiger partial charge on any atom is -0.493 e. The van der Waals surface area contributed by atoms with Crippen LogP contribution in [0.2, 0.25) is 0 Å². The number of aromatic nitrogens is 1. The summed E-state index contributed by atoms with van der Waals surface area (Å²) in [6.45, 7) is 0.0544. The minimum atomic E-state index is -0.412. The SMILES string of the molecule is COc1ccc(NC(N)=NCc2ncccc2F)cc1OC.